The Kier molecular flexibility index (Phi) is 3.27. The highest BCUT2D eigenvalue weighted by atomic mass is 19.1. The zero-order valence-electron chi connectivity index (χ0n) is 7.44. The van der Waals surface area contributed by atoms with Crippen molar-refractivity contribution in [3.8, 4) is 11.5 Å². The Balaban J connectivity index is 3.11. The number of aromatic hydroxyl groups is 2. The van der Waals surface area contributed by atoms with Gasteiger partial charge in [-0.15, -0.1) is 0 Å². The first kappa shape index (κ1) is 10.7. The molecule has 1 rings (SSSR count). The van der Waals surface area contributed by atoms with Gasteiger partial charge in [-0.1, -0.05) is 0 Å². The summed E-state index contributed by atoms with van der Waals surface area (Å²) in [4.78, 5) is 0. The summed E-state index contributed by atoms with van der Waals surface area (Å²) in [6, 6.07) is 1.37. The standard InChI is InChI=1S/C9H12FNO3/c10-9-7(14)2-1-6(13)8(9)5(11)3-4-12/h1-2,5,12-14H,3-4,11H2. The molecule has 0 aromatic heterocycles. The maximum atomic E-state index is 13.3. The second kappa shape index (κ2) is 4.26. The van der Waals surface area contributed by atoms with Crippen LogP contribution in [0.3, 0.4) is 0 Å². The molecule has 5 N–H and O–H groups in total. The summed E-state index contributed by atoms with van der Waals surface area (Å²) in [7, 11) is 0. The lowest BCUT2D eigenvalue weighted by molar-refractivity contribution is 0.273. The Morgan fingerprint density at radius 1 is 1.29 bits per heavy atom. The molecule has 0 heterocycles. The van der Waals surface area contributed by atoms with Crippen molar-refractivity contribution in [3.63, 3.8) is 0 Å². The number of aliphatic hydroxyl groups excluding tert-OH is 1. The van der Waals surface area contributed by atoms with E-state index in [0.29, 0.717) is 0 Å². The molecule has 0 radical (unpaired) electrons. The van der Waals surface area contributed by atoms with Gasteiger partial charge < -0.3 is 21.1 Å². The lowest BCUT2D eigenvalue weighted by Crippen LogP contribution is -2.14. The fourth-order valence-corrected chi connectivity index (χ4v) is 1.21. The molecule has 4 nitrogen and oxygen atoms in total. The first-order chi connectivity index (χ1) is 6.57. The summed E-state index contributed by atoms with van der Waals surface area (Å²) in [5, 5.41) is 26.9. The molecule has 1 aromatic carbocycles. The quantitative estimate of drug-likeness (QED) is 0.540. The molecule has 0 spiro atoms. The Morgan fingerprint density at radius 2 is 1.86 bits per heavy atom. The number of phenols is 2. The fourth-order valence-electron chi connectivity index (χ4n) is 1.21. The molecule has 0 fully saturated rings. The lowest BCUT2D eigenvalue weighted by Gasteiger charge is -2.13. The molecular formula is C9H12FNO3. The predicted molar refractivity (Wildman–Crippen MR) is 48.4 cm³/mol. The van der Waals surface area contributed by atoms with E-state index in [0.717, 1.165) is 12.1 Å². The minimum atomic E-state index is -0.939. The van der Waals surface area contributed by atoms with Crippen LogP contribution in [0.25, 0.3) is 0 Å². The second-order valence-corrected chi connectivity index (χ2v) is 2.95. The highest BCUT2D eigenvalue weighted by Crippen LogP contribution is 2.32. The lowest BCUT2D eigenvalue weighted by atomic mass is 10.0. The Hall–Kier alpha value is -1.33. The van der Waals surface area contributed by atoms with Gasteiger partial charge in [-0.05, 0) is 18.6 Å². The monoisotopic (exact) mass is 201 g/mol. The molecule has 0 amide bonds. The molecule has 0 bridgehead atoms. The number of halogens is 1. The van der Waals surface area contributed by atoms with E-state index in [9.17, 15) is 9.50 Å². The first-order valence-electron chi connectivity index (χ1n) is 4.14. The Morgan fingerprint density at radius 3 is 2.43 bits per heavy atom. The number of hydrogen-bond donors (Lipinski definition) is 4. The smallest absolute Gasteiger partial charge is 0.173 e. The summed E-state index contributed by atoms with van der Waals surface area (Å²) in [5.41, 5.74) is 5.34. The number of hydrogen-bond acceptors (Lipinski definition) is 4. The van der Waals surface area contributed by atoms with Crippen molar-refractivity contribution in [2.45, 2.75) is 12.5 Å². The number of rotatable bonds is 3. The first-order valence-corrected chi connectivity index (χ1v) is 4.14. The molecule has 1 unspecified atom stereocenters. The molecule has 0 saturated heterocycles. The van der Waals surface area contributed by atoms with E-state index in [1.54, 1.807) is 0 Å². The van der Waals surface area contributed by atoms with Crippen LogP contribution in [0, 0.1) is 5.82 Å². The van der Waals surface area contributed by atoms with Crippen molar-refractivity contribution >= 4 is 0 Å². The highest BCUT2D eigenvalue weighted by Gasteiger charge is 2.18. The Labute approximate surface area is 80.4 Å². The van der Waals surface area contributed by atoms with Crippen molar-refractivity contribution in [1.82, 2.24) is 0 Å². The van der Waals surface area contributed by atoms with Gasteiger partial charge in [0, 0.05) is 12.6 Å². The normalized spacial score (nSPS) is 12.8. The van der Waals surface area contributed by atoms with Gasteiger partial charge in [0.1, 0.15) is 5.75 Å². The molecule has 0 aliphatic heterocycles. The van der Waals surface area contributed by atoms with Crippen LogP contribution < -0.4 is 5.73 Å². The summed E-state index contributed by atoms with van der Waals surface area (Å²) in [5.74, 6) is -1.82. The summed E-state index contributed by atoms with van der Waals surface area (Å²) >= 11 is 0. The third kappa shape index (κ3) is 1.94. The van der Waals surface area contributed by atoms with E-state index in [4.69, 9.17) is 15.9 Å². The maximum Gasteiger partial charge on any atom is 0.173 e. The van der Waals surface area contributed by atoms with Gasteiger partial charge in [-0.25, -0.2) is 4.39 Å². The van der Waals surface area contributed by atoms with E-state index >= 15 is 0 Å². The number of phenolic OH excluding ortho intramolecular Hbond substituents is 2. The zero-order valence-corrected chi connectivity index (χ0v) is 7.44. The largest absolute Gasteiger partial charge is 0.507 e. The van der Waals surface area contributed by atoms with Crippen LogP contribution in [0.2, 0.25) is 0 Å². The molecule has 0 aliphatic rings. The molecule has 0 aliphatic carbocycles. The summed E-state index contributed by atoms with van der Waals surface area (Å²) in [6.45, 7) is -0.213. The van der Waals surface area contributed by atoms with Gasteiger partial charge in [0.25, 0.3) is 0 Å². The van der Waals surface area contributed by atoms with Crippen molar-refractivity contribution in [3.05, 3.63) is 23.5 Å². The fraction of sp³-hybridized carbons (Fsp3) is 0.333. The van der Waals surface area contributed by atoms with Gasteiger partial charge >= 0.3 is 0 Å². The predicted octanol–water partition coefficient (Wildman–Crippen LogP) is 0.619. The number of nitrogens with two attached hydrogens (primary N) is 1. The van der Waals surface area contributed by atoms with Crippen LogP contribution in [-0.2, 0) is 0 Å². The van der Waals surface area contributed by atoms with Crippen molar-refractivity contribution in [2.75, 3.05) is 6.61 Å². The van der Waals surface area contributed by atoms with Crippen LogP contribution >= 0.6 is 0 Å². The van der Waals surface area contributed by atoms with Crippen LogP contribution in [-0.4, -0.2) is 21.9 Å². The van der Waals surface area contributed by atoms with Gasteiger partial charge in [-0.3, -0.25) is 0 Å². The van der Waals surface area contributed by atoms with Crippen molar-refractivity contribution in [1.29, 1.82) is 0 Å². The van der Waals surface area contributed by atoms with Gasteiger partial charge in [-0.2, -0.15) is 0 Å². The molecule has 5 heteroatoms. The second-order valence-electron chi connectivity index (χ2n) is 2.95. The van der Waals surface area contributed by atoms with Crippen LogP contribution in [0.1, 0.15) is 18.0 Å². The molecule has 1 aromatic rings. The molecule has 78 valence electrons. The Bertz CT molecular complexity index is 330. The van der Waals surface area contributed by atoms with E-state index < -0.39 is 17.6 Å². The van der Waals surface area contributed by atoms with Crippen molar-refractivity contribution < 1.29 is 19.7 Å². The van der Waals surface area contributed by atoms with Gasteiger partial charge in [0.05, 0.1) is 5.56 Å². The average Bonchev–Trinajstić information content (AvgIpc) is 2.13. The molecular weight excluding hydrogens is 189 g/mol. The maximum absolute atomic E-state index is 13.3. The van der Waals surface area contributed by atoms with Gasteiger partial charge in [0.15, 0.2) is 11.6 Å². The zero-order chi connectivity index (χ0) is 10.7. The summed E-state index contributed by atoms with van der Waals surface area (Å²) in [6.07, 6.45) is 0.119. The van der Waals surface area contributed by atoms with Crippen molar-refractivity contribution in [2.24, 2.45) is 5.73 Å². The van der Waals surface area contributed by atoms with E-state index in [2.05, 4.69) is 0 Å². The van der Waals surface area contributed by atoms with E-state index in [-0.39, 0.29) is 24.3 Å². The van der Waals surface area contributed by atoms with E-state index in [1.807, 2.05) is 0 Å². The molecule has 14 heavy (non-hydrogen) atoms. The van der Waals surface area contributed by atoms with Crippen LogP contribution in [0.15, 0.2) is 12.1 Å². The average molecular weight is 201 g/mol. The highest BCUT2D eigenvalue weighted by molar-refractivity contribution is 5.42. The minimum Gasteiger partial charge on any atom is -0.507 e. The summed E-state index contributed by atoms with van der Waals surface area (Å²) < 4.78 is 13.3. The minimum absolute atomic E-state index is 0.119. The topological polar surface area (TPSA) is 86.7 Å². The number of benzene rings is 1. The van der Waals surface area contributed by atoms with Gasteiger partial charge in [0.2, 0.25) is 0 Å². The third-order valence-corrected chi connectivity index (χ3v) is 1.95. The van der Waals surface area contributed by atoms with Crippen LogP contribution in [0.4, 0.5) is 4.39 Å². The molecule has 1 atom stereocenters. The third-order valence-electron chi connectivity index (χ3n) is 1.95. The molecule has 0 saturated carbocycles. The van der Waals surface area contributed by atoms with Crippen LogP contribution in [0.5, 0.6) is 11.5 Å². The SMILES string of the molecule is NC(CCO)c1c(O)ccc(O)c1F. The van der Waals surface area contributed by atoms with E-state index in [1.165, 1.54) is 0 Å². The number of aliphatic hydroxyl groups is 1.